The summed E-state index contributed by atoms with van der Waals surface area (Å²) in [7, 11) is 0. The molecule has 2 aliphatic rings. The molecule has 9 heavy (non-hydrogen) atoms. The minimum absolute atomic E-state index is 0.634. The second kappa shape index (κ2) is 1.72. The van der Waals surface area contributed by atoms with Gasteiger partial charge in [0, 0.05) is 12.1 Å². The Kier molecular flexibility index (Phi) is 1.01. The molecule has 2 nitrogen and oxygen atoms in total. The molecular weight excluding hydrogens is 114 g/mol. The number of rotatable bonds is 3. The number of hydrogen-bond donors (Lipinski definition) is 0. The molecule has 0 saturated heterocycles. The summed E-state index contributed by atoms with van der Waals surface area (Å²) in [5, 5.41) is 0. The largest absolute Gasteiger partial charge is 0.339 e. The molecule has 2 fully saturated rings. The Hall–Kier alpha value is -0.530. The summed E-state index contributed by atoms with van der Waals surface area (Å²) >= 11 is 0. The summed E-state index contributed by atoms with van der Waals surface area (Å²) in [6.45, 7) is 0. The van der Waals surface area contributed by atoms with Crippen molar-refractivity contribution in [3.8, 4) is 0 Å². The van der Waals surface area contributed by atoms with E-state index in [1.807, 2.05) is 4.90 Å². The van der Waals surface area contributed by atoms with E-state index < -0.39 is 0 Å². The molecule has 0 atom stereocenters. The molecule has 2 aliphatic carbocycles. The van der Waals surface area contributed by atoms with Crippen LogP contribution in [0, 0.1) is 0 Å². The Morgan fingerprint density at radius 2 is 1.56 bits per heavy atom. The third-order valence-electron chi connectivity index (χ3n) is 2.06. The number of carbonyl (C=O) groups excluding carboxylic acids is 1. The predicted molar refractivity (Wildman–Crippen MR) is 33.9 cm³/mol. The molecule has 0 aliphatic heterocycles. The Labute approximate surface area is 54.8 Å². The smallest absolute Gasteiger partial charge is 0.210 e. The summed E-state index contributed by atoms with van der Waals surface area (Å²) in [5.74, 6) is 0. The maximum absolute atomic E-state index is 10.4. The van der Waals surface area contributed by atoms with Crippen LogP contribution in [0.25, 0.3) is 0 Å². The van der Waals surface area contributed by atoms with Crippen LogP contribution in [0.5, 0.6) is 0 Å². The molecule has 0 spiro atoms. The lowest BCUT2D eigenvalue weighted by atomic mass is 10.5. The van der Waals surface area contributed by atoms with Crippen molar-refractivity contribution in [2.75, 3.05) is 0 Å². The molecule has 2 saturated carbocycles. The van der Waals surface area contributed by atoms with Crippen LogP contribution < -0.4 is 0 Å². The highest BCUT2D eigenvalue weighted by Gasteiger charge is 2.37. The van der Waals surface area contributed by atoms with Gasteiger partial charge in [-0.25, -0.2) is 0 Å². The van der Waals surface area contributed by atoms with E-state index >= 15 is 0 Å². The van der Waals surface area contributed by atoms with Crippen LogP contribution in [0.4, 0.5) is 0 Å². The first-order valence-electron chi connectivity index (χ1n) is 3.64. The van der Waals surface area contributed by atoms with Crippen LogP contribution in [0.15, 0.2) is 0 Å². The van der Waals surface area contributed by atoms with E-state index in [4.69, 9.17) is 0 Å². The summed E-state index contributed by atoms with van der Waals surface area (Å²) in [6.07, 6.45) is 6.00. The molecule has 0 aromatic heterocycles. The van der Waals surface area contributed by atoms with Gasteiger partial charge in [-0.3, -0.25) is 4.79 Å². The Bertz CT molecular complexity index is 115. The van der Waals surface area contributed by atoms with Gasteiger partial charge in [0.15, 0.2) is 0 Å². The van der Waals surface area contributed by atoms with E-state index in [2.05, 4.69) is 0 Å². The zero-order chi connectivity index (χ0) is 6.27. The molecule has 0 bridgehead atoms. The SMILES string of the molecule is O=CN(C1CC1)C1CC1. The zero-order valence-electron chi connectivity index (χ0n) is 5.42. The standard InChI is InChI=1S/C7H11NO/c9-5-8(6-1-2-6)7-3-4-7/h5-7H,1-4H2. The van der Waals surface area contributed by atoms with Gasteiger partial charge in [-0.05, 0) is 25.7 Å². The summed E-state index contributed by atoms with van der Waals surface area (Å²) in [5.41, 5.74) is 0. The number of carbonyl (C=O) groups is 1. The third-order valence-corrected chi connectivity index (χ3v) is 2.06. The van der Waals surface area contributed by atoms with Crippen molar-refractivity contribution in [3.05, 3.63) is 0 Å². The quantitative estimate of drug-likeness (QED) is 0.510. The Morgan fingerprint density at radius 1 is 1.11 bits per heavy atom. The van der Waals surface area contributed by atoms with Gasteiger partial charge in [-0.1, -0.05) is 0 Å². The first kappa shape index (κ1) is 5.27. The van der Waals surface area contributed by atoms with Gasteiger partial charge < -0.3 is 4.90 Å². The van der Waals surface area contributed by atoms with Crippen molar-refractivity contribution in [2.45, 2.75) is 37.8 Å². The topological polar surface area (TPSA) is 20.3 Å². The first-order chi connectivity index (χ1) is 4.42. The molecule has 0 N–H and O–H groups in total. The average Bonchev–Trinajstić information content (AvgIpc) is 2.61. The maximum Gasteiger partial charge on any atom is 0.210 e. The van der Waals surface area contributed by atoms with Crippen molar-refractivity contribution in [3.63, 3.8) is 0 Å². The monoisotopic (exact) mass is 125 g/mol. The highest BCUT2D eigenvalue weighted by molar-refractivity contribution is 5.50. The van der Waals surface area contributed by atoms with Crippen LogP contribution >= 0.6 is 0 Å². The summed E-state index contributed by atoms with van der Waals surface area (Å²) in [6, 6.07) is 1.27. The Morgan fingerprint density at radius 3 is 1.78 bits per heavy atom. The second-order valence-electron chi connectivity index (χ2n) is 3.01. The molecule has 0 unspecified atom stereocenters. The molecule has 0 aromatic carbocycles. The van der Waals surface area contributed by atoms with Gasteiger partial charge in [-0.2, -0.15) is 0 Å². The van der Waals surface area contributed by atoms with E-state index in [1.54, 1.807) is 0 Å². The predicted octanol–water partition coefficient (Wildman–Crippen LogP) is 0.770. The molecule has 0 aromatic rings. The number of hydrogen-bond acceptors (Lipinski definition) is 1. The molecule has 2 rings (SSSR count). The molecular formula is C7H11NO. The fourth-order valence-corrected chi connectivity index (χ4v) is 1.22. The fraction of sp³-hybridized carbons (Fsp3) is 0.857. The van der Waals surface area contributed by atoms with Gasteiger partial charge in [-0.15, -0.1) is 0 Å². The number of nitrogens with zero attached hydrogens (tertiary/aromatic N) is 1. The van der Waals surface area contributed by atoms with E-state index in [-0.39, 0.29) is 0 Å². The van der Waals surface area contributed by atoms with Gasteiger partial charge in [0.2, 0.25) is 6.41 Å². The van der Waals surface area contributed by atoms with Crippen molar-refractivity contribution in [2.24, 2.45) is 0 Å². The van der Waals surface area contributed by atoms with Crippen molar-refractivity contribution in [1.82, 2.24) is 4.90 Å². The van der Waals surface area contributed by atoms with Crippen molar-refractivity contribution >= 4 is 6.41 Å². The molecule has 2 heteroatoms. The van der Waals surface area contributed by atoms with Crippen LogP contribution in [-0.4, -0.2) is 23.4 Å². The highest BCUT2D eigenvalue weighted by atomic mass is 16.1. The molecule has 1 amide bonds. The fourth-order valence-electron chi connectivity index (χ4n) is 1.22. The minimum Gasteiger partial charge on any atom is -0.339 e. The average molecular weight is 125 g/mol. The van der Waals surface area contributed by atoms with Crippen LogP contribution in [-0.2, 0) is 4.79 Å². The van der Waals surface area contributed by atoms with Crippen LogP contribution in [0.1, 0.15) is 25.7 Å². The van der Waals surface area contributed by atoms with E-state index in [9.17, 15) is 4.79 Å². The van der Waals surface area contributed by atoms with Crippen LogP contribution in [0.2, 0.25) is 0 Å². The summed E-state index contributed by atoms with van der Waals surface area (Å²) < 4.78 is 0. The van der Waals surface area contributed by atoms with Crippen molar-refractivity contribution in [1.29, 1.82) is 0 Å². The molecule has 0 radical (unpaired) electrons. The zero-order valence-corrected chi connectivity index (χ0v) is 5.42. The number of amides is 1. The van der Waals surface area contributed by atoms with Gasteiger partial charge in [0.25, 0.3) is 0 Å². The lowest BCUT2D eigenvalue weighted by Crippen LogP contribution is -2.26. The summed E-state index contributed by atoms with van der Waals surface area (Å²) in [4.78, 5) is 12.4. The lowest BCUT2D eigenvalue weighted by Gasteiger charge is -2.13. The maximum atomic E-state index is 10.4. The molecule has 50 valence electrons. The van der Waals surface area contributed by atoms with Gasteiger partial charge >= 0.3 is 0 Å². The highest BCUT2D eigenvalue weighted by Crippen LogP contribution is 2.35. The van der Waals surface area contributed by atoms with Crippen molar-refractivity contribution < 1.29 is 4.79 Å². The van der Waals surface area contributed by atoms with Crippen LogP contribution in [0.3, 0.4) is 0 Å². The van der Waals surface area contributed by atoms with E-state index in [1.165, 1.54) is 25.7 Å². The van der Waals surface area contributed by atoms with Gasteiger partial charge in [0.05, 0.1) is 0 Å². The first-order valence-corrected chi connectivity index (χ1v) is 3.64. The van der Waals surface area contributed by atoms with Gasteiger partial charge in [0.1, 0.15) is 0 Å². The molecule has 0 heterocycles. The van der Waals surface area contributed by atoms with E-state index in [0.717, 1.165) is 6.41 Å². The Balaban J connectivity index is 1.92. The minimum atomic E-state index is 0.634. The third kappa shape index (κ3) is 0.934. The van der Waals surface area contributed by atoms with E-state index in [0.29, 0.717) is 12.1 Å². The lowest BCUT2D eigenvalue weighted by molar-refractivity contribution is -0.119. The normalized spacial score (nSPS) is 25.8. The second-order valence-corrected chi connectivity index (χ2v) is 3.01.